The Kier molecular flexibility index (Phi) is 6.68. The summed E-state index contributed by atoms with van der Waals surface area (Å²) in [6.45, 7) is 7.80. The van der Waals surface area contributed by atoms with Gasteiger partial charge in [0.15, 0.2) is 9.84 Å². The van der Waals surface area contributed by atoms with Gasteiger partial charge >= 0.3 is 0 Å². The Hall–Kier alpha value is -3.20. The number of sulfone groups is 1. The average Bonchev–Trinajstić information content (AvgIpc) is 3.07. The number of carbonyl (C=O) groups excluding carboxylic acids is 1. The summed E-state index contributed by atoms with van der Waals surface area (Å²) >= 11 is 0. The van der Waals surface area contributed by atoms with Gasteiger partial charge in [-0.05, 0) is 39.3 Å². The van der Waals surface area contributed by atoms with Gasteiger partial charge in [-0.3, -0.25) is 14.9 Å². The van der Waals surface area contributed by atoms with Crippen LogP contribution in [-0.2, 0) is 26.9 Å². The number of para-hydroxylation sites is 1. The minimum absolute atomic E-state index is 0.0152. The maximum Gasteiger partial charge on any atom is 0.269 e. The Morgan fingerprint density at radius 3 is 2.34 bits per heavy atom. The van der Waals surface area contributed by atoms with Crippen LogP contribution in [0.5, 0.6) is 0 Å². The second-order valence-electron chi connectivity index (χ2n) is 8.31. The number of fused-ring (bicyclic) bond motifs is 1. The molecule has 0 aliphatic heterocycles. The van der Waals surface area contributed by atoms with Crippen molar-refractivity contribution in [1.29, 1.82) is 0 Å². The number of nitrogens with zero attached hydrogens (tertiary/aromatic N) is 3. The van der Waals surface area contributed by atoms with E-state index in [4.69, 9.17) is 0 Å². The number of hydrogen-bond acceptors (Lipinski definition) is 5. The van der Waals surface area contributed by atoms with Gasteiger partial charge in [-0.15, -0.1) is 0 Å². The first-order valence-electron chi connectivity index (χ1n) is 10.4. The topological polar surface area (TPSA) is 103 Å². The number of non-ortho nitro benzene ring substituents is 1. The first-order valence-corrected chi connectivity index (χ1v) is 12.0. The number of nitro groups is 1. The lowest BCUT2D eigenvalue weighted by molar-refractivity contribution is -0.384. The lowest BCUT2D eigenvalue weighted by atomic mass is 10.2. The van der Waals surface area contributed by atoms with Crippen LogP contribution in [-0.4, -0.2) is 40.8 Å². The lowest BCUT2D eigenvalue weighted by Gasteiger charge is -2.31. The fraction of sp³-hybridized carbons (Fsp3) is 0.348. The predicted molar refractivity (Wildman–Crippen MR) is 123 cm³/mol. The molecule has 1 aromatic heterocycles. The number of nitro benzene ring substituents is 1. The molecule has 3 rings (SSSR count). The number of benzene rings is 2. The molecule has 0 saturated heterocycles. The third kappa shape index (κ3) is 4.83. The Labute approximate surface area is 187 Å². The van der Waals surface area contributed by atoms with Crippen molar-refractivity contribution in [2.24, 2.45) is 0 Å². The molecule has 9 heteroatoms. The zero-order valence-corrected chi connectivity index (χ0v) is 19.4. The molecule has 170 valence electrons. The van der Waals surface area contributed by atoms with Crippen LogP contribution in [0.2, 0.25) is 0 Å². The van der Waals surface area contributed by atoms with Gasteiger partial charge in [0.2, 0.25) is 5.91 Å². The van der Waals surface area contributed by atoms with Crippen LogP contribution in [0.4, 0.5) is 5.69 Å². The van der Waals surface area contributed by atoms with Gasteiger partial charge in [0, 0.05) is 41.3 Å². The van der Waals surface area contributed by atoms with E-state index in [1.54, 1.807) is 39.8 Å². The van der Waals surface area contributed by atoms with Crippen LogP contribution in [0, 0.1) is 10.1 Å². The number of rotatable bonds is 8. The molecule has 0 bridgehead atoms. The maximum atomic E-state index is 13.3. The third-order valence-corrected chi connectivity index (χ3v) is 6.98. The van der Waals surface area contributed by atoms with Gasteiger partial charge in [0.25, 0.3) is 5.69 Å². The summed E-state index contributed by atoms with van der Waals surface area (Å²) in [5.41, 5.74) is 0.817. The van der Waals surface area contributed by atoms with E-state index in [-0.39, 0.29) is 40.9 Å². The van der Waals surface area contributed by atoms with Gasteiger partial charge in [-0.1, -0.05) is 30.3 Å². The van der Waals surface area contributed by atoms with Gasteiger partial charge < -0.3 is 9.47 Å². The average molecular weight is 458 g/mol. The molecule has 0 unspecified atom stereocenters. The molecule has 32 heavy (non-hydrogen) atoms. The molecule has 0 N–H and O–H groups in total. The molecule has 0 fully saturated rings. The van der Waals surface area contributed by atoms with Crippen LogP contribution in [0.3, 0.4) is 0 Å². The van der Waals surface area contributed by atoms with E-state index >= 15 is 0 Å². The summed E-state index contributed by atoms with van der Waals surface area (Å²) in [5, 5.41) is 11.6. The number of amides is 1. The molecular weight excluding hydrogens is 430 g/mol. The van der Waals surface area contributed by atoms with Gasteiger partial charge in [-0.2, -0.15) is 0 Å². The molecule has 0 aliphatic carbocycles. The quantitative estimate of drug-likeness (QED) is 0.373. The van der Waals surface area contributed by atoms with Crippen molar-refractivity contribution in [2.45, 2.75) is 57.0 Å². The highest BCUT2D eigenvalue weighted by molar-refractivity contribution is 7.90. The SMILES string of the molecule is CC(C)N(C(=O)Cn1cc(S(=O)(=O)Cc2cccc([N+](=O)[O-])c2)c2ccccc21)C(C)C. The fourth-order valence-electron chi connectivity index (χ4n) is 4.05. The molecule has 0 aliphatic rings. The molecule has 1 heterocycles. The summed E-state index contributed by atoms with van der Waals surface area (Å²) in [5.74, 6) is -0.473. The maximum absolute atomic E-state index is 13.3. The standard InChI is InChI=1S/C23H27N3O5S/c1-16(2)25(17(3)4)23(27)14-24-13-22(20-10-5-6-11-21(20)24)32(30,31)15-18-8-7-9-19(12-18)26(28)29/h5-13,16-17H,14-15H2,1-4H3. The molecule has 1 amide bonds. The van der Waals surface area contributed by atoms with E-state index in [2.05, 4.69) is 0 Å². The van der Waals surface area contributed by atoms with Gasteiger partial charge in [0.05, 0.1) is 15.6 Å². The highest BCUT2D eigenvalue weighted by Crippen LogP contribution is 2.29. The van der Waals surface area contributed by atoms with Crippen LogP contribution >= 0.6 is 0 Å². The van der Waals surface area contributed by atoms with Crippen LogP contribution in [0.25, 0.3) is 10.9 Å². The number of hydrogen-bond donors (Lipinski definition) is 0. The summed E-state index contributed by atoms with van der Waals surface area (Å²) in [6.07, 6.45) is 1.49. The minimum Gasteiger partial charge on any atom is -0.337 e. The van der Waals surface area contributed by atoms with Crippen molar-refractivity contribution in [3.05, 3.63) is 70.4 Å². The van der Waals surface area contributed by atoms with Crippen LogP contribution < -0.4 is 0 Å². The normalized spacial score (nSPS) is 11.9. The molecule has 3 aromatic rings. The van der Waals surface area contributed by atoms with E-state index in [0.29, 0.717) is 16.5 Å². The molecule has 2 aromatic carbocycles. The Balaban J connectivity index is 2.00. The zero-order chi connectivity index (χ0) is 23.6. The van der Waals surface area contributed by atoms with E-state index in [0.717, 1.165) is 0 Å². The van der Waals surface area contributed by atoms with Crippen molar-refractivity contribution in [3.63, 3.8) is 0 Å². The van der Waals surface area contributed by atoms with Crippen LogP contribution in [0.1, 0.15) is 33.3 Å². The van der Waals surface area contributed by atoms with Crippen molar-refractivity contribution in [3.8, 4) is 0 Å². The van der Waals surface area contributed by atoms with Crippen LogP contribution in [0.15, 0.2) is 59.6 Å². The van der Waals surface area contributed by atoms with E-state index in [1.165, 1.54) is 24.4 Å². The summed E-state index contributed by atoms with van der Waals surface area (Å²) in [6, 6.07) is 12.7. The molecule has 0 saturated carbocycles. The summed E-state index contributed by atoms with van der Waals surface area (Å²) in [4.78, 5) is 25.3. The molecule has 8 nitrogen and oxygen atoms in total. The largest absolute Gasteiger partial charge is 0.337 e. The Morgan fingerprint density at radius 2 is 1.72 bits per heavy atom. The smallest absolute Gasteiger partial charge is 0.269 e. The van der Waals surface area contributed by atoms with Crippen molar-refractivity contribution in [1.82, 2.24) is 9.47 Å². The predicted octanol–water partition coefficient (Wildman–Crippen LogP) is 4.17. The van der Waals surface area contributed by atoms with Gasteiger partial charge in [-0.25, -0.2) is 8.42 Å². The van der Waals surface area contributed by atoms with Gasteiger partial charge in [0.1, 0.15) is 6.54 Å². The molecule has 0 radical (unpaired) electrons. The second kappa shape index (κ2) is 9.12. The van der Waals surface area contributed by atoms with E-state index in [9.17, 15) is 23.3 Å². The monoisotopic (exact) mass is 457 g/mol. The molecule has 0 spiro atoms. The van der Waals surface area contributed by atoms with Crippen molar-refractivity contribution in [2.75, 3.05) is 0 Å². The highest BCUT2D eigenvalue weighted by atomic mass is 32.2. The first-order chi connectivity index (χ1) is 15.0. The summed E-state index contributed by atoms with van der Waals surface area (Å²) < 4.78 is 28.2. The Bertz CT molecular complexity index is 1250. The third-order valence-electron chi connectivity index (χ3n) is 5.27. The lowest BCUT2D eigenvalue weighted by Crippen LogP contribution is -2.43. The number of carbonyl (C=O) groups is 1. The first kappa shape index (κ1) is 23.5. The Morgan fingerprint density at radius 1 is 1.06 bits per heavy atom. The number of aromatic nitrogens is 1. The van der Waals surface area contributed by atoms with E-state index < -0.39 is 14.8 Å². The van der Waals surface area contributed by atoms with Crippen molar-refractivity contribution < 1.29 is 18.1 Å². The minimum atomic E-state index is -3.82. The summed E-state index contributed by atoms with van der Waals surface area (Å²) in [7, 11) is -3.82. The van der Waals surface area contributed by atoms with E-state index in [1.807, 2.05) is 27.7 Å². The fourth-order valence-corrected chi connectivity index (χ4v) is 5.62. The molecular formula is C23H27N3O5S. The highest BCUT2D eigenvalue weighted by Gasteiger charge is 2.25. The second-order valence-corrected chi connectivity index (χ2v) is 10.3. The molecule has 0 atom stereocenters. The zero-order valence-electron chi connectivity index (χ0n) is 18.6. The van der Waals surface area contributed by atoms with Crippen molar-refractivity contribution >= 4 is 32.3 Å².